The minimum atomic E-state index is -0.393. The molecule has 0 radical (unpaired) electrons. The topological polar surface area (TPSA) is 66.6 Å². The fraction of sp³-hybridized carbons (Fsp3) is 0.619. The lowest BCUT2D eigenvalue weighted by molar-refractivity contribution is -0.148. The van der Waals surface area contributed by atoms with Crippen LogP contribution < -0.4 is 5.73 Å². The van der Waals surface area contributed by atoms with Crippen LogP contribution in [0.2, 0.25) is 0 Å². The molecular weight excluding hydrogens is 362 g/mol. The van der Waals surface area contributed by atoms with E-state index in [1.54, 1.807) is 0 Å². The van der Waals surface area contributed by atoms with Gasteiger partial charge in [0.15, 0.2) is 0 Å². The summed E-state index contributed by atoms with van der Waals surface area (Å²) in [5, 5.41) is 0. The number of benzene rings is 1. The summed E-state index contributed by atoms with van der Waals surface area (Å²) < 4.78 is 0. The molecule has 1 fully saturated rings. The number of nitrogens with two attached hydrogens (primary N) is 1. The van der Waals surface area contributed by atoms with Gasteiger partial charge >= 0.3 is 0 Å². The van der Waals surface area contributed by atoms with Gasteiger partial charge in [-0.05, 0) is 42.9 Å². The Morgan fingerprint density at radius 2 is 1.85 bits per heavy atom. The molecule has 1 saturated heterocycles. The quantitative estimate of drug-likeness (QED) is 0.854. The van der Waals surface area contributed by atoms with Crippen molar-refractivity contribution in [1.82, 2.24) is 9.80 Å². The van der Waals surface area contributed by atoms with Crippen molar-refractivity contribution in [2.45, 2.75) is 58.7 Å². The molecule has 6 heteroatoms. The molecule has 3 rings (SSSR count). The Morgan fingerprint density at radius 1 is 1.19 bits per heavy atom. The van der Waals surface area contributed by atoms with Gasteiger partial charge in [-0.25, -0.2) is 0 Å². The minimum Gasteiger partial charge on any atom is -0.338 e. The molecule has 0 aliphatic carbocycles. The predicted molar refractivity (Wildman–Crippen MR) is 110 cm³/mol. The van der Waals surface area contributed by atoms with E-state index >= 15 is 0 Å². The first-order valence-electron chi connectivity index (χ1n) is 9.77. The number of amides is 2. The molecule has 0 aromatic heterocycles. The van der Waals surface area contributed by atoms with Gasteiger partial charge in [0.05, 0.1) is 0 Å². The highest BCUT2D eigenvalue weighted by atomic mass is 35.5. The lowest BCUT2D eigenvalue weighted by atomic mass is 9.92. The van der Waals surface area contributed by atoms with Gasteiger partial charge in [0.1, 0.15) is 6.04 Å². The third kappa shape index (κ3) is 4.64. The maximum absolute atomic E-state index is 13.4. The van der Waals surface area contributed by atoms with Crippen molar-refractivity contribution in [3.63, 3.8) is 0 Å². The lowest BCUT2D eigenvalue weighted by Crippen LogP contribution is -2.54. The van der Waals surface area contributed by atoms with Crippen LogP contribution in [0.25, 0.3) is 0 Å². The number of hydrogen-bond donors (Lipinski definition) is 1. The number of nitrogens with zero attached hydrogens (tertiary/aromatic N) is 2. The average molecular weight is 394 g/mol. The number of fused-ring (bicyclic) bond motifs is 1. The standard InChI is InChI=1S/C21H31N3O2.ClH/c1-14(2)8-20(25)24-13-18-7-5-4-6-17(18)10-19(24)21(26)23-12-16(11-22)9-15(23)3;/h4-7,14-16,19H,8-13,22H2,1-3H3;1H. The molecule has 1 aromatic carbocycles. The van der Waals surface area contributed by atoms with Crippen LogP contribution in [0.4, 0.5) is 0 Å². The molecule has 3 atom stereocenters. The number of hydrogen-bond acceptors (Lipinski definition) is 3. The Hall–Kier alpha value is -1.59. The first kappa shape index (κ1) is 21.7. The zero-order valence-electron chi connectivity index (χ0n) is 16.6. The van der Waals surface area contributed by atoms with Crippen molar-refractivity contribution in [2.24, 2.45) is 17.6 Å². The number of carbonyl (C=O) groups excluding carboxylic acids is 2. The first-order chi connectivity index (χ1) is 12.4. The second-order valence-corrected chi connectivity index (χ2v) is 8.29. The van der Waals surface area contributed by atoms with E-state index in [2.05, 4.69) is 19.1 Å². The van der Waals surface area contributed by atoms with Crippen LogP contribution >= 0.6 is 12.4 Å². The van der Waals surface area contributed by atoms with Gasteiger partial charge in [0.25, 0.3) is 0 Å². The van der Waals surface area contributed by atoms with E-state index in [1.165, 1.54) is 5.56 Å². The molecule has 5 nitrogen and oxygen atoms in total. The molecule has 2 aliphatic rings. The van der Waals surface area contributed by atoms with E-state index < -0.39 is 6.04 Å². The zero-order valence-corrected chi connectivity index (χ0v) is 17.4. The van der Waals surface area contributed by atoms with Crippen LogP contribution in [0.1, 0.15) is 44.7 Å². The largest absolute Gasteiger partial charge is 0.338 e. The third-order valence-corrected chi connectivity index (χ3v) is 5.71. The van der Waals surface area contributed by atoms with E-state index in [9.17, 15) is 9.59 Å². The highest BCUT2D eigenvalue weighted by Crippen LogP contribution is 2.29. The highest BCUT2D eigenvalue weighted by Gasteiger charge is 2.40. The van der Waals surface area contributed by atoms with Crippen LogP contribution in [-0.2, 0) is 22.6 Å². The average Bonchev–Trinajstić information content (AvgIpc) is 3.00. The molecule has 27 heavy (non-hydrogen) atoms. The molecule has 3 unspecified atom stereocenters. The summed E-state index contributed by atoms with van der Waals surface area (Å²) >= 11 is 0. The molecule has 2 amide bonds. The van der Waals surface area contributed by atoms with E-state index in [4.69, 9.17) is 5.73 Å². The fourth-order valence-electron chi connectivity index (χ4n) is 4.28. The molecule has 2 N–H and O–H groups in total. The normalized spacial score (nSPS) is 24.6. The lowest BCUT2D eigenvalue weighted by Gasteiger charge is -2.39. The van der Waals surface area contributed by atoms with Crippen molar-refractivity contribution in [2.75, 3.05) is 13.1 Å². The predicted octanol–water partition coefficient (Wildman–Crippen LogP) is 2.60. The monoisotopic (exact) mass is 393 g/mol. The van der Waals surface area contributed by atoms with Crippen molar-refractivity contribution in [3.05, 3.63) is 35.4 Å². The molecular formula is C21H32ClN3O2. The number of likely N-dealkylation sites (tertiary alicyclic amines) is 1. The van der Waals surface area contributed by atoms with Crippen molar-refractivity contribution in [3.8, 4) is 0 Å². The van der Waals surface area contributed by atoms with Crippen LogP contribution in [0.5, 0.6) is 0 Å². The smallest absolute Gasteiger partial charge is 0.245 e. The summed E-state index contributed by atoms with van der Waals surface area (Å²) in [6.45, 7) is 8.02. The zero-order chi connectivity index (χ0) is 18.8. The van der Waals surface area contributed by atoms with Gasteiger partial charge in [-0.15, -0.1) is 12.4 Å². The fourth-order valence-corrected chi connectivity index (χ4v) is 4.28. The number of carbonyl (C=O) groups is 2. The van der Waals surface area contributed by atoms with E-state index in [-0.39, 0.29) is 36.2 Å². The van der Waals surface area contributed by atoms with Gasteiger partial charge in [-0.3, -0.25) is 9.59 Å². The van der Waals surface area contributed by atoms with Crippen LogP contribution in [0.3, 0.4) is 0 Å². The van der Waals surface area contributed by atoms with Gasteiger partial charge < -0.3 is 15.5 Å². The Morgan fingerprint density at radius 3 is 2.44 bits per heavy atom. The molecule has 150 valence electrons. The van der Waals surface area contributed by atoms with Crippen LogP contribution in [-0.4, -0.2) is 46.8 Å². The molecule has 2 heterocycles. The number of rotatable bonds is 4. The second kappa shape index (κ2) is 9.07. The highest BCUT2D eigenvalue weighted by molar-refractivity contribution is 5.89. The Labute approximate surface area is 168 Å². The van der Waals surface area contributed by atoms with Crippen LogP contribution in [0.15, 0.2) is 24.3 Å². The van der Waals surface area contributed by atoms with Crippen molar-refractivity contribution in [1.29, 1.82) is 0 Å². The molecule has 0 saturated carbocycles. The SMILES string of the molecule is CC(C)CC(=O)N1Cc2ccccc2CC1C(=O)N1CC(CN)CC1C.Cl. The second-order valence-electron chi connectivity index (χ2n) is 8.29. The minimum absolute atomic E-state index is 0. The van der Waals surface area contributed by atoms with Gasteiger partial charge in [0.2, 0.25) is 11.8 Å². The third-order valence-electron chi connectivity index (χ3n) is 5.71. The summed E-state index contributed by atoms with van der Waals surface area (Å²) in [6, 6.07) is 7.95. The summed E-state index contributed by atoms with van der Waals surface area (Å²) in [4.78, 5) is 30.0. The Bertz CT molecular complexity index is 679. The summed E-state index contributed by atoms with van der Waals surface area (Å²) in [6.07, 6.45) is 2.04. The van der Waals surface area contributed by atoms with E-state index in [0.717, 1.165) is 12.0 Å². The maximum atomic E-state index is 13.4. The van der Waals surface area contributed by atoms with Crippen molar-refractivity contribution >= 4 is 24.2 Å². The van der Waals surface area contributed by atoms with Gasteiger partial charge in [-0.2, -0.15) is 0 Å². The molecule has 0 bridgehead atoms. The van der Waals surface area contributed by atoms with Gasteiger partial charge in [0, 0.05) is 32.0 Å². The number of halogens is 1. The van der Waals surface area contributed by atoms with Gasteiger partial charge in [-0.1, -0.05) is 38.1 Å². The van der Waals surface area contributed by atoms with Crippen molar-refractivity contribution < 1.29 is 9.59 Å². The summed E-state index contributed by atoms with van der Waals surface area (Å²) in [7, 11) is 0. The van der Waals surface area contributed by atoms with E-state index in [0.29, 0.717) is 38.4 Å². The Balaban J connectivity index is 0.00000261. The first-order valence-corrected chi connectivity index (χ1v) is 9.77. The molecule has 0 spiro atoms. The van der Waals surface area contributed by atoms with E-state index in [1.807, 2.05) is 35.8 Å². The summed E-state index contributed by atoms with van der Waals surface area (Å²) in [5.74, 6) is 0.808. The molecule has 1 aromatic rings. The van der Waals surface area contributed by atoms with Crippen LogP contribution in [0, 0.1) is 11.8 Å². The maximum Gasteiger partial charge on any atom is 0.245 e. The summed E-state index contributed by atoms with van der Waals surface area (Å²) in [5.41, 5.74) is 8.17. The molecule has 2 aliphatic heterocycles. The Kier molecular flexibility index (Phi) is 7.29.